The van der Waals surface area contributed by atoms with Gasteiger partial charge >= 0.3 is 0 Å². The van der Waals surface area contributed by atoms with E-state index in [4.69, 9.17) is 5.26 Å². The first-order valence-electron chi connectivity index (χ1n) is 4.91. The van der Waals surface area contributed by atoms with E-state index in [0.29, 0.717) is 12.0 Å². The highest BCUT2D eigenvalue weighted by molar-refractivity contribution is 5.45. The molecule has 0 atom stereocenters. The van der Waals surface area contributed by atoms with Crippen LogP contribution in [0.3, 0.4) is 0 Å². The van der Waals surface area contributed by atoms with Crippen LogP contribution in [-0.4, -0.2) is 10.1 Å². The minimum atomic E-state index is 0.0206. The number of hydrogen-bond acceptors (Lipinski definition) is 3. The minimum Gasteiger partial charge on any atom is -0.507 e. The molecule has 2 aromatic rings. The molecule has 1 heterocycles. The first-order valence-corrected chi connectivity index (χ1v) is 4.91. The summed E-state index contributed by atoms with van der Waals surface area (Å²) in [7, 11) is 0. The van der Waals surface area contributed by atoms with Crippen molar-refractivity contribution in [1.29, 1.82) is 5.26 Å². The van der Waals surface area contributed by atoms with Crippen LogP contribution >= 0.6 is 0 Å². The molecule has 0 aliphatic heterocycles. The maximum absolute atomic E-state index is 9.36. The molecule has 1 aromatic carbocycles. The second-order valence-corrected chi connectivity index (χ2v) is 3.46. The maximum Gasteiger partial charge on any atom is 0.133 e. The number of phenols is 1. The molecule has 3 heteroatoms. The van der Waals surface area contributed by atoms with E-state index < -0.39 is 0 Å². The summed E-state index contributed by atoms with van der Waals surface area (Å²) in [6.07, 6.45) is 2.40. The van der Waals surface area contributed by atoms with Gasteiger partial charge in [0.25, 0.3) is 0 Å². The lowest BCUT2D eigenvalue weighted by molar-refractivity contribution is 0.473. The van der Waals surface area contributed by atoms with E-state index >= 15 is 0 Å². The summed E-state index contributed by atoms with van der Waals surface area (Å²) < 4.78 is 0. The van der Waals surface area contributed by atoms with Crippen molar-refractivity contribution in [2.24, 2.45) is 0 Å². The Morgan fingerprint density at radius 2 is 2.12 bits per heavy atom. The third kappa shape index (κ3) is 2.18. The molecule has 0 bridgehead atoms. The highest BCUT2D eigenvalue weighted by Gasteiger charge is 2.02. The Kier molecular flexibility index (Phi) is 2.84. The van der Waals surface area contributed by atoms with E-state index in [1.807, 2.05) is 24.3 Å². The normalized spacial score (nSPS) is 9.69. The van der Waals surface area contributed by atoms with Crippen LogP contribution < -0.4 is 0 Å². The van der Waals surface area contributed by atoms with Gasteiger partial charge in [-0.05, 0) is 29.8 Å². The molecule has 0 aliphatic rings. The monoisotopic (exact) mass is 210 g/mol. The third-order valence-electron chi connectivity index (χ3n) is 2.29. The molecule has 0 saturated carbocycles. The highest BCUT2D eigenvalue weighted by Crippen LogP contribution is 2.18. The Morgan fingerprint density at radius 3 is 2.81 bits per heavy atom. The number of rotatable bonds is 2. The lowest BCUT2D eigenvalue weighted by atomic mass is 10.1. The second kappa shape index (κ2) is 4.45. The molecule has 0 saturated heterocycles. The van der Waals surface area contributed by atoms with Crippen LogP contribution in [-0.2, 0) is 6.42 Å². The van der Waals surface area contributed by atoms with Crippen LogP contribution in [0.2, 0.25) is 0 Å². The number of nitrogens with zero attached hydrogens (tertiary/aromatic N) is 2. The molecule has 0 radical (unpaired) electrons. The van der Waals surface area contributed by atoms with Crippen molar-refractivity contribution in [3.8, 4) is 11.8 Å². The number of aromatic hydroxyl groups is 1. The van der Waals surface area contributed by atoms with Crippen LogP contribution in [0.5, 0.6) is 5.75 Å². The number of hydrogen-bond donors (Lipinski definition) is 1. The maximum atomic E-state index is 9.36. The van der Waals surface area contributed by atoms with Gasteiger partial charge in [-0.1, -0.05) is 12.1 Å². The van der Waals surface area contributed by atoms with Gasteiger partial charge in [0, 0.05) is 18.3 Å². The summed E-state index contributed by atoms with van der Waals surface area (Å²) in [5.41, 5.74) is 2.21. The number of phenolic OH excluding ortho intramolecular Hbond substituents is 1. The van der Waals surface area contributed by atoms with Gasteiger partial charge in [0.1, 0.15) is 11.8 Å². The summed E-state index contributed by atoms with van der Waals surface area (Å²) in [4.78, 5) is 4.21. The summed E-state index contributed by atoms with van der Waals surface area (Å²) >= 11 is 0. The summed E-state index contributed by atoms with van der Waals surface area (Å²) in [5.74, 6) is 0.0206. The molecule has 16 heavy (non-hydrogen) atoms. The quantitative estimate of drug-likeness (QED) is 0.827. The fourth-order valence-electron chi connectivity index (χ4n) is 1.49. The molecule has 0 amide bonds. The van der Waals surface area contributed by atoms with Crippen LogP contribution in [0.1, 0.15) is 16.8 Å². The molecule has 3 nitrogen and oxygen atoms in total. The molecule has 2 rings (SSSR count). The molecule has 1 aromatic heterocycles. The van der Waals surface area contributed by atoms with Gasteiger partial charge in [-0.25, -0.2) is 0 Å². The average molecular weight is 210 g/mol. The van der Waals surface area contributed by atoms with E-state index in [1.165, 1.54) is 6.07 Å². The van der Waals surface area contributed by atoms with E-state index in [9.17, 15) is 5.11 Å². The molecule has 1 N–H and O–H groups in total. The van der Waals surface area contributed by atoms with Gasteiger partial charge in [0.15, 0.2) is 0 Å². The Hall–Kier alpha value is -2.34. The molecule has 78 valence electrons. The van der Waals surface area contributed by atoms with Crippen molar-refractivity contribution in [1.82, 2.24) is 4.98 Å². The molecule has 0 spiro atoms. The van der Waals surface area contributed by atoms with Crippen molar-refractivity contribution in [3.05, 3.63) is 59.4 Å². The molecular weight excluding hydrogens is 200 g/mol. The van der Waals surface area contributed by atoms with Crippen LogP contribution in [0.15, 0.2) is 42.6 Å². The minimum absolute atomic E-state index is 0.0206. The van der Waals surface area contributed by atoms with Gasteiger partial charge in [-0.3, -0.25) is 4.98 Å². The van der Waals surface area contributed by atoms with Crippen LogP contribution in [0, 0.1) is 11.3 Å². The summed E-state index contributed by atoms with van der Waals surface area (Å²) in [6, 6.07) is 12.7. The topological polar surface area (TPSA) is 56.9 Å². The van der Waals surface area contributed by atoms with Crippen molar-refractivity contribution in [3.63, 3.8) is 0 Å². The van der Waals surface area contributed by atoms with Crippen LogP contribution in [0.25, 0.3) is 0 Å². The fourth-order valence-corrected chi connectivity index (χ4v) is 1.49. The Labute approximate surface area is 93.6 Å². The van der Waals surface area contributed by atoms with Gasteiger partial charge in [0.05, 0.1) is 5.56 Å². The Bertz CT molecular complexity index is 529. The molecule has 0 fully saturated rings. The Balaban J connectivity index is 2.27. The number of pyridine rings is 1. The van der Waals surface area contributed by atoms with E-state index in [-0.39, 0.29) is 5.75 Å². The third-order valence-corrected chi connectivity index (χ3v) is 2.29. The van der Waals surface area contributed by atoms with Crippen molar-refractivity contribution < 1.29 is 5.11 Å². The smallest absolute Gasteiger partial charge is 0.133 e. The van der Waals surface area contributed by atoms with Crippen LogP contribution in [0.4, 0.5) is 0 Å². The largest absolute Gasteiger partial charge is 0.507 e. The predicted molar refractivity (Wildman–Crippen MR) is 59.9 cm³/mol. The lowest BCUT2D eigenvalue weighted by Gasteiger charge is -2.02. The summed E-state index contributed by atoms with van der Waals surface area (Å²) in [5, 5.41) is 18.1. The zero-order chi connectivity index (χ0) is 11.4. The molecular formula is C13H10N2O. The Morgan fingerprint density at radius 1 is 1.25 bits per heavy atom. The van der Waals surface area contributed by atoms with Gasteiger partial charge in [-0.2, -0.15) is 5.26 Å². The van der Waals surface area contributed by atoms with Gasteiger partial charge in [-0.15, -0.1) is 0 Å². The number of benzene rings is 1. The standard InChI is InChI=1S/C13H10N2O/c14-9-11-7-10(4-5-13(11)16)8-12-3-1-2-6-15-12/h1-7,16H,8H2. The lowest BCUT2D eigenvalue weighted by Crippen LogP contribution is -1.91. The highest BCUT2D eigenvalue weighted by atomic mass is 16.3. The van der Waals surface area contributed by atoms with Gasteiger partial charge < -0.3 is 5.11 Å². The van der Waals surface area contributed by atoms with Crippen molar-refractivity contribution in [2.45, 2.75) is 6.42 Å². The first-order chi connectivity index (χ1) is 7.79. The zero-order valence-electron chi connectivity index (χ0n) is 8.59. The zero-order valence-corrected chi connectivity index (χ0v) is 8.59. The van der Waals surface area contributed by atoms with E-state index in [0.717, 1.165) is 11.3 Å². The first kappa shape index (κ1) is 10.2. The second-order valence-electron chi connectivity index (χ2n) is 3.46. The molecule has 0 unspecified atom stereocenters. The fraction of sp³-hybridized carbons (Fsp3) is 0.0769. The number of nitriles is 1. The van der Waals surface area contributed by atoms with E-state index in [2.05, 4.69) is 4.98 Å². The molecule has 0 aliphatic carbocycles. The predicted octanol–water partition coefficient (Wildman–Crippen LogP) is 2.25. The van der Waals surface area contributed by atoms with E-state index in [1.54, 1.807) is 18.3 Å². The summed E-state index contributed by atoms with van der Waals surface area (Å²) in [6.45, 7) is 0. The van der Waals surface area contributed by atoms with Crippen molar-refractivity contribution >= 4 is 0 Å². The van der Waals surface area contributed by atoms with Gasteiger partial charge in [0.2, 0.25) is 0 Å². The SMILES string of the molecule is N#Cc1cc(Cc2ccccn2)ccc1O. The number of aromatic nitrogens is 1. The average Bonchev–Trinajstić information content (AvgIpc) is 2.33. The van der Waals surface area contributed by atoms with Crippen molar-refractivity contribution in [2.75, 3.05) is 0 Å².